The highest BCUT2D eigenvalue weighted by Crippen LogP contribution is 2.51. The third kappa shape index (κ3) is 8.97. The lowest BCUT2D eigenvalue weighted by Crippen LogP contribution is -2.47. The summed E-state index contributed by atoms with van der Waals surface area (Å²) in [7, 11) is 0. The quantitative estimate of drug-likeness (QED) is 0.0873. The van der Waals surface area contributed by atoms with E-state index in [0.717, 1.165) is 94.9 Å². The lowest BCUT2D eigenvalue weighted by atomic mass is 9.78. The number of ether oxygens (including phenoxy) is 4. The number of carbonyl (C=O) groups excluding carboxylic acids is 4. The predicted octanol–water partition coefficient (Wildman–Crippen LogP) is 7.13. The van der Waals surface area contributed by atoms with Crippen LogP contribution in [0.25, 0.3) is 33.6 Å². The third-order valence-corrected chi connectivity index (χ3v) is 14.5. The first-order valence-corrected chi connectivity index (χ1v) is 22.6. The molecule has 4 aliphatic heterocycles. The minimum absolute atomic E-state index is 0.0448. The zero-order valence-electron chi connectivity index (χ0n) is 37.8. The van der Waals surface area contributed by atoms with Gasteiger partial charge in [-0.05, 0) is 103 Å². The Balaban J connectivity index is 1.02. The fourth-order valence-corrected chi connectivity index (χ4v) is 11.1. The van der Waals surface area contributed by atoms with Gasteiger partial charge in [0.15, 0.2) is 0 Å². The van der Waals surface area contributed by atoms with Gasteiger partial charge in [-0.15, -0.1) is 0 Å². The van der Waals surface area contributed by atoms with Crippen molar-refractivity contribution in [2.75, 3.05) is 39.5 Å². The number of nitrogens with zero attached hydrogens (tertiary/aromatic N) is 4. The summed E-state index contributed by atoms with van der Waals surface area (Å²) in [5, 5.41) is 0. The zero-order chi connectivity index (χ0) is 45.5. The predicted molar refractivity (Wildman–Crippen MR) is 238 cm³/mol. The topological polar surface area (TPSA) is 221 Å². The summed E-state index contributed by atoms with van der Waals surface area (Å²) in [6.45, 7) is 16.0. The highest BCUT2D eigenvalue weighted by Gasteiger charge is 2.52. The van der Waals surface area contributed by atoms with E-state index in [1.54, 1.807) is 0 Å². The van der Waals surface area contributed by atoms with E-state index in [9.17, 15) is 19.2 Å². The second-order valence-corrected chi connectivity index (χ2v) is 19.2. The molecule has 4 saturated heterocycles. The number of carbonyl (C=O) groups is 4. The van der Waals surface area contributed by atoms with E-state index < -0.39 is 36.2 Å². The van der Waals surface area contributed by atoms with Gasteiger partial charge in [0.1, 0.15) is 23.7 Å². The molecule has 2 amide bonds. The summed E-state index contributed by atoms with van der Waals surface area (Å²) in [4.78, 5) is 71.2. The summed E-state index contributed by atoms with van der Waals surface area (Å²) < 4.78 is 21.4. The zero-order valence-corrected chi connectivity index (χ0v) is 37.8. The molecule has 4 fully saturated rings. The third-order valence-electron chi connectivity index (χ3n) is 14.5. The number of hydrogen-bond acceptors (Lipinski definition) is 12. The minimum Gasteiger partial charge on any atom is -0.381 e. The van der Waals surface area contributed by atoms with Crippen LogP contribution in [0.1, 0.15) is 101 Å². The van der Waals surface area contributed by atoms with E-state index in [-0.39, 0.29) is 34.7 Å². The number of rotatable bonds is 11. The molecule has 0 saturated carbocycles. The molecule has 4 atom stereocenters. The van der Waals surface area contributed by atoms with E-state index in [2.05, 4.69) is 70.0 Å². The Morgan fingerprint density at radius 3 is 1.50 bits per heavy atom. The maximum absolute atomic E-state index is 13.3. The molecule has 2 spiro atoms. The van der Waals surface area contributed by atoms with Gasteiger partial charge in [-0.2, -0.15) is 0 Å². The molecule has 4 aromatic rings. The fourth-order valence-electron chi connectivity index (χ4n) is 11.1. The lowest BCUT2D eigenvalue weighted by molar-refractivity contribution is -0.147. The van der Waals surface area contributed by atoms with Crippen LogP contribution in [0.5, 0.6) is 0 Å². The van der Waals surface area contributed by atoms with Gasteiger partial charge >= 0.3 is 24.1 Å². The lowest BCUT2D eigenvalue weighted by Gasteiger charge is -2.35. The minimum atomic E-state index is -1.10. The van der Waals surface area contributed by atoms with Crippen LogP contribution < -0.4 is 11.5 Å². The van der Waals surface area contributed by atoms with Crippen molar-refractivity contribution < 1.29 is 38.1 Å². The van der Waals surface area contributed by atoms with Crippen LogP contribution in [0.15, 0.2) is 48.8 Å². The summed E-state index contributed by atoms with van der Waals surface area (Å²) in [6.07, 6.45) is 6.61. The van der Waals surface area contributed by atoms with Crippen LogP contribution in [0.3, 0.4) is 0 Å². The second-order valence-electron chi connectivity index (χ2n) is 19.2. The molecule has 8 rings (SSSR count). The van der Waals surface area contributed by atoms with Crippen molar-refractivity contribution in [3.05, 3.63) is 71.6 Å². The van der Waals surface area contributed by atoms with Crippen molar-refractivity contribution in [3.8, 4) is 33.6 Å². The second kappa shape index (κ2) is 18.2. The largest absolute Gasteiger partial charge is 0.412 e. The monoisotopic (exact) mass is 878 g/mol. The van der Waals surface area contributed by atoms with Gasteiger partial charge in [-0.1, -0.05) is 64.1 Å². The number of benzene rings is 2. The molecule has 4 aliphatic rings. The number of nitrogens with two attached hydrogens (primary N) is 2. The maximum atomic E-state index is 13.3. The Hall–Kier alpha value is -5.42. The Kier molecular flexibility index (Phi) is 12.9. The van der Waals surface area contributed by atoms with E-state index in [0.29, 0.717) is 39.5 Å². The first-order valence-electron chi connectivity index (χ1n) is 22.6. The normalized spacial score (nSPS) is 22.0. The first-order chi connectivity index (χ1) is 30.6. The Morgan fingerprint density at radius 1 is 0.641 bits per heavy atom. The Bertz CT molecular complexity index is 2360. The molecule has 6 heterocycles. The van der Waals surface area contributed by atoms with Crippen molar-refractivity contribution >= 4 is 24.1 Å². The van der Waals surface area contributed by atoms with E-state index in [1.165, 1.54) is 0 Å². The highest BCUT2D eigenvalue weighted by molar-refractivity contribution is 5.88. The molecule has 16 nitrogen and oxygen atoms in total. The van der Waals surface area contributed by atoms with Crippen molar-refractivity contribution in [2.45, 2.75) is 104 Å². The molecule has 16 heteroatoms. The number of amides is 2. The molecule has 0 aliphatic carbocycles. The van der Waals surface area contributed by atoms with Crippen molar-refractivity contribution in [2.24, 2.45) is 34.1 Å². The van der Waals surface area contributed by atoms with Gasteiger partial charge in [0.2, 0.25) is 0 Å². The van der Waals surface area contributed by atoms with Crippen molar-refractivity contribution in [3.63, 3.8) is 0 Å². The number of aromatic nitrogens is 4. The summed E-state index contributed by atoms with van der Waals surface area (Å²) in [5.74, 6) is -0.0253. The number of likely N-dealkylation sites (tertiary alicyclic amines) is 2. The van der Waals surface area contributed by atoms with E-state index in [4.69, 9.17) is 40.4 Å². The number of imidazole rings is 2. The number of primary amides is 2. The van der Waals surface area contributed by atoms with Crippen LogP contribution >= 0.6 is 0 Å². The van der Waals surface area contributed by atoms with E-state index in [1.807, 2.05) is 40.1 Å². The fraction of sp³-hybridized carbons (Fsp3) is 0.542. The van der Waals surface area contributed by atoms with Gasteiger partial charge in [0.25, 0.3) is 0 Å². The standard InChI is InChI=1S/C48H62N8O8/c1-27(2)39(43(57)63-45(49)59)55-25-47(13-17-61-18-14-47)21-37(55)41-51-23-35(53-41)32-9-7-31(8-10-32)33-11-12-34(30(6)29(33)5)36-24-52-42(54-36)38-22-48(15-19-62-20-16-48)26-56(38)40(28(3)4)44(58)64-46(50)60/h7-12,23-24,27-28,37-40H,13-22,25-26H2,1-6H3,(H2,49,59)(H2,50,60)(H,51,53)(H,52,54)/t37?,38?,39-,40-/m0/s1. The Labute approximate surface area is 374 Å². The molecule has 64 heavy (non-hydrogen) atoms. The summed E-state index contributed by atoms with van der Waals surface area (Å²) in [5.41, 5.74) is 18.7. The highest BCUT2D eigenvalue weighted by atomic mass is 16.6. The summed E-state index contributed by atoms with van der Waals surface area (Å²) >= 11 is 0. The van der Waals surface area contributed by atoms with E-state index >= 15 is 0 Å². The van der Waals surface area contributed by atoms with Crippen LogP contribution in [-0.2, 0) is 28.5 Å². The molecule has 0 radical (unpaired) electrons. The number of nitrogens with one attached hydrogen (secondary N) is 2. The molecule has 2 aromatic carbocycles. The molecule has 0 bridgehead atoms. The number of esters is 2. The smallest absolute Gasteiger partial charge is 0.381 e. The molecular weight excluding hydrogens is 817 g/mol. The molecule has 342 valence electrons. The number of H-pyrrole nitrogens is 2. The number of aromatic amines is 2. The Morgan fingerprint density at radius 2 is 1.05 bits per heavy atom. The van der Waals surface area contributed by atoms with Gasteiger partial charge in [0.05, 0.1) is 35.9 Å². The SMILES string of the molecule is Cc1c(-c2ccc(-c3cnc(C4CC5(CCOCC5)CN4[C@H](C(=O)OC(N)=O)C(C)C)[nH]3)cc2)ccc(-c2cnc(C3CC4(CCOCC4)CN3[C@H](C(=O)OC(N)=O)C(C)C)[nH]2)c1C. The van der Waals surface area contributed by atoms with Crippen LogP contribution in [0, 0.1) is 36.5 Å². The van der Waals surface area contributed by atoms with Crippen molar-refractivity contribution in [1.82, 2.24) is 29.7 Å². The summed E-state index contributed by atoms with van der Waals surface area (Å²) in [6, 6.07) is 10.9. The molecule has 6 N–H and O–H groups in total. The first kappa shape index (κ1) is 45.2. The van der Waals surface area contributed by atoms with Gasteiger partial charge in [-0.25, -0.2) is 29.1 Å². The van der Waals surface area contributed by atoms with Crippen LogP contribution in [-0.4, -0.2) is 105 Å². The molecule has 2 unspecified atom stereocenters. The average Bonchev–Trinajstić information content (AvgIpc) is 4.06. The number of hydrogen-bond donors (Lipinski definition) is 4. The maximum Gasteiger partial charge on any atom is 0.412 e. The average molecular weight is 879 g/mol. The van der Waals surface area contributed by atoms with Crippen LogP contribution in [0.2, 0.25) is 0 Å². The van der Waals surface area contributed by atoms with Crippen LogP contribution in [0.4, 0.5) is 9.59 Å². The van der Waals surface area contributed by atoms with Gasteiger partial charge < -0.3 is 40.4 Å². The van der Waals surface area contributed by atoms with Gasteiger partial charge in [0, 0.05) is 45.1 Å². The molecular formula is C48H62N8O8. The molecule has 2 aromatic heterocycles. The van der Waals surface area contributed by atoms with Gasteiger partial charge in [-0.3, -0.25) is 9.80 Å². The van der Waals surface area contributed by atoms with Crippen molar-refractivity contribution in [1.29, 1.82) is 0 Å².